The predicted molar refractivity (Wildman–Crippen MR) is 71.2 cm³/mol. The SMILES string of the molecule is Cc1nnc(SCc2ccc(Cl)c(N)c2)n1C. The van der Waals surface area contributed by atoms with E-state index >= 15 is 0 Å². The Balaban J connectivity index is 2.07. The fourth-order valence-electron chi connectivity index (χ4n) is 1.34. The maximum absolute atomic E-state index is 5.87. The number of rotatable bonds is 3. The van der Waals surface area contributed by atoms with Crippen molar-refractivity contribution in [3.05, 3.63) is 34.6 Å². The van der Waals surface area contributed by atoms with E-state index in [9.17, 15) is 0 Å². The Morgan fingerprint density at radius 3 is 2.76 bits per heavy atom. The summed E-state index contributed by atoms with van der Waals surface area (Å²) in [6, 6.07) is 5.67. The van der Waals surface area contributed by atoms with Gasteiger partial charge in [-0.25, -0.2) is 0 Å². The Morgan fingerprint density at radius 2 is 2.18 bits per heavy atom. The Kier molecular flexibility index (Phi) is 3.59. The molecule has 0 radical (unpaired) electrons. The number of hydrogen-bond donors (Lipinski definition) is 1. The van der Waals surface area contributed by atoms with Crippen LogP contribution in [0.1, 0.15) is 11.4 Å². The average Bonchev–Trinajstić information content (AvgIpc) is 2.62. The Morgan fingerprint density at radius 1 is 1.41 bits per heavy atom. The van der Waals surface area contributed by atoms with Crippen molar-refractivity contribution in [3.8, 4) is 0 Å². The summed E-state index contributed by atoms with van der Waals surface area (Å²) in [6.07, 6.45) is 0. The third-order valence-electron chi connectivity index (χ3n) is 2.48. The van der Waals surface area contributed by atoms with Crippen LogP contribution in [0, 0.1) is 6.92 Å². The van der Waals surface area contributed by atoms with Crippen LogP contribution in [0.4, 0.5) is 5.69 Å². The molecule has 1 aromatic heterocycles. The van der Waals surface area contributed by atoms with Crippen molar-refractivity contribution < 1.29 is 0 Å². The summed E-state index contributed by atoms with van der Waals surface area (Å²) < 4.78 is 1.96. The molecule has 0 aliphatic rings. The van der Waals surface area contributed by atoms with E-state index in [0.717, 1.165) is 22.3 Å². The first-order valence-corrected chi connectivity index (χ1v) is 6.47. The fraction of sp³-hybridized carbons (Fsp3) is 0.273. The zero-order valence-electron chi connectivity index (χ0n) is 9.64. The lowest BCUT2D eigenvalue weighted by Gasteiger charge is -2.04. The Hall–Kier alpha value is -1.20. The number of thioether (sulfide) groups is 1. The molecule has 2 aromatic rings. The van der Waals surface area contributed by atoms with Gasteiger partial charge in [0.1, 0.15) is 5.82 Å². The zero-order chi connectivity index (χ0) is 12.4. The molecule has 0 bridgehead atoms. The van der Waals surface area contributed by atoms with Gasteiger partial charge in [-0.1, -0.05) is 29.4 Å². The highest BCUT2D eigenvalue weighted by Gasteiger charge is 2.06. The van der Waals surface area contributed by atoms with E-state index in [1.807, 2.05) is 36.7 Å². The molecule has 0 fully saturated rings. The van der Waals surface area contributed by atoms with Crippen LogP contribution < -0.4 is 5.73 Å². The van der Waals surface area contributed by atoms with Gasteiger partial charge in [0, 0.05) is 12.8 Å². The van der Waals surface area contributed by atoms with Crippen molar-refractivity contribution >= 4 is 29.1 Å². The first kappa shape index (κ1) is 12.3. The minimum atomic E-state index is 0.591. The van der Waals surface area contributed by atoms with Gasteiger partial charge in [0.2, 0.25) is 0 Å². The number of nitrogens with zero attached hydrogens (tertiary/aromatic N) is 3. The largest absolute Gasteiger partial charge is 0.398 e. The van der Waals surface area contributed by atoms with Gasteiger partial charge in [-0.3, -0.25) is 0 Å². The van der Waals surface area contributed by atoms with Crippen molar-refractivity contribution in [1.82, 2.24) is 14.8 Å². The summed E-state index contributed by atoms with van der Waals surface area (Å²) in [4.78, 5) is 0. The fourth-order valence-corrected chi connectivity index (χ4v) is 2.36. The number of benzene rings is 1. The van der Waals surface area contributed by atoms with E-state index in [2.05, 4.69) is 10.2 Å². The maximum atomic E-state index is 5.87. The van der Waals surface area contributed by atoms with Crippen LogP contribution in [0.2, 0.25) is 5.02 Å². The van der Waals surface area contributed by atoms with Gasteiger partial charge in [0.15, 0.2) is 5.16 Å². The molecule has 0 spiro atoms. The van der Waals surface area contributed by atoms with E-state index in [1.165, 1.54) is 0 Å². The van der Waals surface area contributed by atoms with Crippen molar-refractivity contribution in [2.75, 3.05) is 5.73 Å². The lowest BCUT2D eigenvalue weighted by Crippen LogP contribution is -1.94. The summed E-state index contributed by atoms with van der Waals surface area (Å²) >= 11 is 7.49. The lowest BCUT2D eigenvalue weighted by atomic mass is 10.2. The number of aryl methyl sites for hydroxylation is 1. The summed E-state index contributed by atoms with van der Waals surface area (Å²) in [6.45, 7) is 1.93. The van der Waals surface area contributed by atoms with E-state index in [-0.39, 0.29) is 0 Å². The van der Waals surface area contributed by atoms with Gasteiger partial charge in [-0.15, -0.1) is 10.2 Å². The molecule has 0 aliphatic heterocycles. The Bertz CT molecular complexity index is 538. The van der Waals surface area contributed by atoms with Gasteiger partial charge in [0.25, 0.3) is 0 Å². The average molecular weight is 269 g/mol. The predicted octanol–water partition coefficient (Wildman–Crippen LogP) is 2.65. The summed E-state index contributed by atoms with van der Waals surface area (Å²) in [7, 11) is 1.95. The molecule has 4 nitrogen and oxygen atoms in total. The molecule has 17 heavy (non-hydrogen) atoms. The van der Waals surface area contributed by atoms with Crippen LogP contribution >= 0.6 is 23.4 Å². The molecule has 0 unspecified atom stereocenters. The molecule has 1 heterocycles. The molecule has 2 rings (SSSR count). The first-order chi connectivity index (χ1) is 8.08. The molecular formula is C11H13ClN4S. The van der Waals surface area contributed by atoms with E-state index in [0.29, 0.717) is 10.7 Å². The summed E-state index contributed by atoms with van der Waals surface area (Å²) in [5.41, 5.74) is 7.48. The minimum absolute atomic E-state index is 0.591. The third-order valence-corrected chi connectivity index (χ3v) is 3.92. The first-order valence-electron chi connectivity index (χ1n) is 5.10. The minimum Gasteiger partial charge on any atom is -0.398 e. The molecular weight excluding hydrogens is 256 g/mol. The molecule has 0 aliphatic carbocycles. The van der Waals surface area contributed by atoms with E-state index < -0.39 is 0 Å². The van der Waals surface area contributed by atoms with Crippen LogP contribution in [0.3, 0.4) is 0 Å². The second-order valence-electron chi connectivity index (χ2n) is 3.73. The van der Waals surface area contributed by atoms with Gasteiger partial charge < -0.3 is 10.3 Å². The smallest absolute Gasteiger partial charge is 0.191 e. The number of anilines is 1. The number of halogens is 1. The maximum Gasteiger partial charge on any atom is 0.191 e. The monoisotopic (exact) mass is 268 g/mol. The number of nitrogen functional groups attached to an aromatic ring is 1. The summed E-state index contributed by atoms with van der Waals surface area (Å²) in [5, 5.41) is 9.59. The number of nitrogens with two attached hydrogens (primary N) is 1. The Labute approximate surface area is 109 Å². The quantitative estimate of drug-likeness (QED) is 0.687. The molecule has 0 saturated carbocycles. The second-order valence-corrected chi connectivity index (χ2v) is 5.08. The van der Waals surface area contributed by atoms with E-state index in [1.54, 1.807) is 11.8 Å². The highest BCUT2D eigenvalue weighted by Crippen LogP contribution is 2.25. The third kappa shape index (κ3) is 2.73. The molecule has 6 heteroatoms. The van der Waals surface area contributed by atoms with Crippen LogP contribution in [-0.4, -0.2) is 14.8 Å². The molecule has 90 valence electrons. The second kappa shape index (κ2) is 4.98. The summed E-state index contributed by atoms with van der Waals surface area (Å²) in [5.74, 6) is 1.70. The number of aromatic nitrogens is 3. The number of hydrogen-bond acceptors (Lipinski definition) is 4. The van der Waals surface area contributed by atoms with Crippen molar-refractivity contribution in [2.45, 2.75) is 17.8 Å². The lowest BCUT2D eigenvalue weighted by molar-refractivity contribution is 0.765. The van der Waals surface area contributed by atoms with Crippen LogP contribution in [-0.2, 0) is 12.8 Å². The van der Waals surface area contributed by atoms with Gasteiger partial charge in [0.05, 0.1) is 10.7 Å². The van der Waals surface area contributed by atoms with Gasteiger partial charge in [-0.2, -0.15) is 0 Å². The molecule has 1 aromatic carbocycles. The van der Waals surface area contributed by atoms with Crippen LogP contribution in [0.15, 0.2) is 23.4 Å². The van der Waals surface area contributed by atoms with Crippen molar-refractivity contribution in [2.24, 2.45) is 7.05 Å². The van der Waals surface area contributed by atoms with Crippen LogP contribution in [0.5, 0.6) is 0 Å². The van der Waals surface area contributed by atoms with Gasteiger partial charge in [-0.05, 0) is 24.6 Å². The highest BCUT2D eigenvalue weighted by atomic mass is 35.5. The van der Waals surface area contributed by atoms with E-state index in [4.69, 9.17) is 17.3 Å². The molecule has 0 amide bonds. The topological polar surface area (TPSA) is 56.7 Å². The van der Waals surface area contributed by atoms with Crippen molar-refractivity contribution in [1.29, 1.82) is 0 Å². The molecule has 0 atom stereocenters. The standard InChI is InChI=1S/C11H13ClN4S/c1-7-14-15-11(16(7)2)17-6-8-3-4-9(12)10(13)5-8/h3-5H,6,13H2,1-2H3. The van der Waals surface area contributed by atoms with Crippen molar-refractivity contribution in [3.63, 3.8) is 0 Å². The van der Waals surface area contributed by atoms with Gasteiger partial charge >= 0.3 is 0 Å². The molecule has 2 N–H and O–H groups in total. The normalized spacial score (nSPS) is 10.8. The molecule has 0 saturated heterocycles. The van der Waals surface area contributed by atoms with Crippen LogP contribution in [0.25, 0.3) is 0 Å². The highest BCUT2D eigenvalue weighted by molar-refractivity contribution is 7.98. The zero-order valence-corrected chi connectivity index (χ0v) is 11.2.